The number of aromatic nitrogens is 1. The summed E-state index contributed by atoms with van der Waals surface area (Å²) in [5.74, 6) is 0. The second kappa shape index (κ2) is 4.73. The molecular weight excluding hydrogens is 204 g/mol. The lowest BCUT2D eigenvalue weighted by atomic mass is 10.1. The minimum absolute atomic E-state index is 0.794. The van der Waals surface area contributed by atoms with Crippen molar-refractivity contribution < 1.29 is 0 Å². The first kappa shape index (κ1) is 10.6. The fourth-order valence-corrected chi connectivity index (χ4v) is 2.59. The Balaban J connectivity index is 2.16. The van der Waals surface area contributed by atoms with E-state index >= 15 is 0 Å². The Morgan fingerprint density at radius 2 is 2.20 bits per heavy atom. The molecule has 0 fully saturated rings. The van der Waals surface area contributed by atoms with Crippen LogP contribution in [-0.2, 0) is 6.42 Å². The van der Waals surface area contributed by atoms with Crippen LogP contribution in [0.3, 0.4) is 0 Å². The summed E-state index contributed by atoms with van der Waals surface area (Å²) < 4.78 is 5.66. The molecule has 0 amide bonds. The zero-order valence-electron chi connectivity index (χ0n) is 8.99. The number of benzene rings is 1. The van der Waals surface area contributed by atoms with Crippen LogP contribution in [0, 0.1) is 6.92 Å². The first-order chi connectivity index (χ1) is 7.31. The van der Waals surface area contributed by atoms with Gasteiger partial charge in [0, 0.05) is 5.39 Å². The number of aryl methyl sites for hydroxylation is 2. The maximum Gasteiger partial charge on any atom is 0.0589 e. The van der Waals surface area contributed by atoms with Gasteiger partial charge >= 0.3 is 0 Å². The van der Waals surface area contributed by atoms with Crippen molar-refractivity contribution in [3.63, 3.8) is 0 Å². The third kappa shape index (κ3) is 2.36. The quantitative estimate of drug-likeness (QED) is 0.805. The van der Waals surface area contributed by atoms with Gasteiger partial charge in [0.25, 0.3) is 0 Å². The highest BCUT2D eigenvalue weighted by Gasteiger charge is 2.02. The second-order valence-electron chi connectivity index (χ2n) is 3.84. The number of hydrogen-bond acceptors (Lipinski definition) is 3. The minimum Gasteiger partial charge on any atom is -0.330 e. The van der Waals surface area contributed by atoms with E-state index in [1.165, 1.54) is 22.1 Å². The zero-order valence-corrected chi connectivity index (χ0v) is 9.81. The third-order valence-corrected chi connectivity index (χ3v) is 3.54. The molecule has 1 aromatic heterocycles. The van der Waals surface area contributed by atoms with Gasteiger partial charge < -0.3 is 5.73 Å². The molecule has 80 valence electrons. The van der Waals surface area contributed by atoms with Crippen molar-refractivity contribution in [3.8, 4) is 0 Å². The maximum absolute atomic E-state index is 5.48. The number of fused-ring (bicyclic) bond motifs is 1. The molecule has 2 nitrogen and oxygen atoms in total. The van der Waals surface area contributed by atoms with Crippen LogP contribution in [0.5, 0.6) is 0 Å². The van der Waals surface area contributed by atoms with Gasteiger partial charge in [-0.3, -0.25) is 0 Å². The molecule has 1 heterocycles. The summed E-state index contributed by atoms with van der Waals surface area (Å²) in [4.78, 5) is 0. The Hall–Kier alpha value is -0.930. The standard InChI is InChI=1S/C12H16N2S/c1-9-11-6-5-10(4-2-3-7-13)8-12(11)15-14-9/h5-6,8H,2-4,7,13H2,1H3. The zero-order chi connectivity index (χ0) is 10.7. The molecule has 0 unspecified atom stereocenters. The molecule has 3 heteroatoms. The van der Waals surface area contributed by atoms with Gasteiger partial charge in [0.2, 0.25) is 0 Å². The van der Waals surface area contributed by atoms with Gasteiger partial charge in [0.05, 0.1) is 10.4 Å². The summed E-state index contributed by atoms with van der Waals surface area (Å²) >= 11 is 1.59. The Bertz CT molecular complexity index is 448. The predicted molar refractivity (Wildman–Crippen MR) is 66.3 cm³/mol. The normalized spacial score (nSPS) is 11.1. The Morgan fingerprint density at radius 3 is 3.00 bits per heavy atom. The highest BCUT2D eigenvalue weighted by Crippen LogP contribution is 2.23. The topological polar surface area (TPSA) is 38.9 Å². The van der Waals surface area contributed by atoms with Crippen LogP contribution in [0.2, 0.25) is 0 Å². The Morgan fingerprint density at radius 1 is 1.33 bits per heavy atom. The Kier molecular flexibility index (Phi) is 3.34. The van der Waals surface area contributed by atoms with Gasteiger partial charge in [-0.15, -0.1) is 0 Å². The van der Waals surface area contributed by atoms with Crippen LogP contribution in [0.1, 0.15) is 24.1 Å². The maximum atomic E-state index is 5.48. The average molecular weight is 220 g/mol. The molecule has 2 aromatic rings. The monoisotopic (exact) mass is 220 g/mol. The van der Waals surface area contributed by atoms with E-state index in [1.807, 2.05) is 0 Å². The van der Waals surface area contributed by atoms with Crippen LogP contribution >= 0.6 is 11.5 Å². The SMILES string of the molecule is Cc1nsc2cc(CCCCN)ccc12. The molecule has 0 saturated carbocycles. The number of nitrogens with two attached hydrogens (primary N) is 1. The average Bonchev–Trinajstić information content (AvgIpc) is 2.61. The lowest BCUT2D eigenvalue weighted by molar-refractivity contribution is 0.745. The van der Waals surface area contributed by atoms with Crippen molar-refractivity contribution in [1.29, 1.82) is 0 Å². The van der Waals surface area contributed by atoms with E-state index in [-0.39, 0.29) is 0 Å². The van der Waals surface area contributed by atoms with Crippen molar-refractivity contribution in [2.45, 2.75) is 26.2 Å². The number of unbranched alkanes of at least 4 members (excludes halogenated alkanes) is 1. The minimum atomic E-state index is 0.794. The molecule has 2 N–H and O–H groups in total. The molecule has 0 aliphatic heterocycles. The molecule has 0 aliphatic carbocycles. The molecule has 0 radical (unpaired) electrons. The van der Waals surface area contributed by atoms with Crippen molar-refractivity contribution in [2.24, 2.45) is 5.73 Å². The first-order valence-electron chi connectivity index (χ1n) is 5.36. The van der Waals surface area contributed by atoms with E-state index in [0.29, 0.717) is 0 Å². The number of nitrogens with zero attached hydrogens (tertiary/aromatic N) is 1. The van der Waals surface area contributed by atoms with Crippen LogP contribution < -0.4 is 5.73 Å². The largest absolute Gasteiger partial charge is 0.330 e. The van der Waals surface area contributed by atoms with Crippen LogP contribution in [-0.4, -0.2) is 10.9 Å². The molecule has 0 atom stereocenters. The number of hydrogen-bond donors (Lipinski definition) is 1. The van der Waals surface area contributed by atoms with E-state index < -0.39 is 0 Å². The lowest BCUT2D eigenvalue weighted by Gasteiger charge is -2.00. The van der Waals surface area contributed by atoms with Gasteiger partial charge in [-0.2, -0.15) is 4.37 Å². The summed E-state index contributed by atoms with van der Waals surface area (Å²) in [7, 11) is 0. The summed E-state index contributed by atoms with van der Waals surface area (Å²) in [6, 6.07) is 6.66. The van der Waals surface area contributed by atoms with Crippen LogP contribution in [0.4, 0.5) is 0 Å². The summed E-state index contributed by atoms with van der Waals surface area (Å²) in [6.07, 6.45) is 3.42. The number of rotatable bonds is 4. The van der Waals surface area contributed by atoms with Gasteiger partial charge in [0.1, 0.15) is 0 Å². The molecule has 0 bridgehead atoms. The molecule has 0 saturated heterocycles. The van der Waals surface area contributed by atoms with E-state index in [2.05, 4.69) is 29.5 Å². The molecular formula is C12H16N2S. The summed E-state index contributed by atoms with van der Waals surface area (Å²) in [5, 5.41) is 1.29. The molecule has 1 aromatic carbocycles. The van der Waals surface area contributed by atoms with Crippen molar-refractivity contribution in [1.82, 2.24) is 4.37 Å². The van der Waals surface area contributed by atoms with Gasteiger partial charge in [0.15, 0.2) is 0 Å². The first-order valence-corrected chi connectivity index (χ1v) is 6.13. The molecule has 2 rings (SSSR count). The summed E-state index contributed by atoms with van der Waals surface area (Å²) in [6.45, 7) is 2.86. The van der Waals surface area contributed by atoms with E-state index in [1.54, 1.807) is 11.5 Å². The van der Waals surface area contributed by atoms with Crippen molar-refractivity contribution in [3.05, 3.63) is 29.5 Å². The lowest BCUT2D eigenvalue weighted by Crippen LogP contribution is -1.98. The fraction of sp³-hybridized carbons (Fsp3) is 0.417. The van der Waals surface area contributed by atoms with Gasteiger partial charge in [-0.25, -0.2) is 0 Å². The highest BCUT2D eigenvalue weighted by molar-refractivity contribution is 7.13. The van der Waals surface area contributed by atoms with Crippen LogP contribution in [0.25, 0.3) is 10.1 Å². The van der Waals surface area contributed by atoms with E-state index in [0.717, 1.165) is 25.1 Å². The van der Waals surface area contributed by atoms with E-state index in [9.17, 15) is 0 Å². The Labute approximate surface area is 94.3 Å². The third-order valence-electron chi connectivity index (χ3n) is 2.64. The molecule has 0 spiro atoms. The van der Waals surface area contributed by atoms with Crippen LogP contribution in [0.15, 0.2) is 18.2 Å². The predicted octanol–water partition coefficient (Wildman–Crippen LogP) is 2.89. The van der Waals surface area contributed by atoms with Gasteiger partial charge in [-0.1, -0.05) is 12.1 Å². The summed E-state index contributed by atoms with van der Waals surface area (Å²) in [5.41, 5.74) is 8.02. The highest BCUT2D eigenvalue weighted by atomic mass is 32.1. The van der Waals surface area contributed by atoms with Crippen molar-refractivity contribution in [2.75, 3.05) is 6.54 Å². The molecule has 15 heavy (non-hydrogen) atoms. The van der Waals surface area contributed by atoms with Crippen molar-refractivity contribution >= 4 is 21.6 Å². The molecule has 0 aliphatic rings. The smallest absolute Gasteiger partial charge is 0.0589 e. The van der Waals surface area contributed by atoms with Gasteiger partial charge in [-0.05, 0) is 55.9 Å². The second-order valence-corrected chi connectivity index (χ2v) is 4.65. The van der Waals surface area contributed by atoms with E-state index in [4.69, 9.17) is 5.73 Å². The fourth-order valence-electron chi connectivity index (χ4n) is 1.74.